The molecule has 29 heavy (non-hydrogen) atoms. The molecule has 0 atom stereocenters. The second kappa shape index (κ2) is 9.93. The molecule has 0 unspecified atom stereocenters. The van der Waals surface area contributed by atoms with Crippen LogP contribution in [0.1, 0.15) is 24.2 Å². The van der Waals surface area contributed by atoms with Gasteiger partial charge in [0.1, 0.15) is 0 Å². The van der Waals surface area contributed by atoms with E-state index in [1.165, 1.54) is 4.90 Å². The topological polar surface area (TPSA) is 102 Å². The Morgan fingerprint density at radius 2 is 1.79 bits per heavy atom. The van der Waals surface area contributed by atoms with Crippen LogP contribution in [-0.2, 0) is 14.8 Å². The number of hydrogen-bond donors (Lipinski definition) is 2. The van der Waals surface area contributed by atoms with Crippen molar-refractivity contribution in [2.45, 2.75) is 13.8 Å². The monoisotopic (exact) mass is 425 g/mol. The molecule has 0 saturated carbocycles. The number of piperazine rings is 1. The molecule has 10 heteroatoms. The standard InChI is InChI=1S/C19H31N5O4S/c1-5-23(6-2)18(25)14-22(3)19(26)15-7-8-17(24-11-9-20-10-12-24)16(13-15)21-29(4,27)28/h7-8,13,20-21H,5-6,9-12,14H2,1-4H3. The number of nitrogens with zero attached hydrogens (tertiary/aromatic N) is 3. The van der Waals surface area contributed by atoms with Crippen molar-refractivity contribution < 1.29 is 18.0 Å². The van der Waals surface area contributed by atoms with E-state index in [2.05, 4.69) is 14.9 Å². The van der Waals surface area contributed by atoms with Crippen molar-refractivity contribution in [2.75, 3.05) is 68.7 Å². The van der Waals surface area contributed by atoms with Crippen LogP contribution in [-0.4, -0.2) is 89.1 Å². The molecule has 0 aromatic heterocycles. The third-order valence-electron chi connectivity index (χ3n) is 4.83. The van der Waals surface area contributed by atoms with E-state index in [0.29, 0.717) is 24.3 Å². The lowest BCUT2D eigenvalue weighted by Crippen LogP contribution is -2.44. The van der Waals surface area contributed by atoms with Crippen molar-refractivity contribution in [3.63, 3.8) is 0 Å². The first-order valence-corrected chi connectivity index (χ1v) is 11.7. The van der Waals surface area contributed by atoms with Gasteiger partial charge in [-0.1, -0.05) is 0 Å². The van der Waals surface area contributed by atoms with Crippen molar-refractivity contribution in [2.24, 2.45) is 0 Å². The molecule has 0 spiro atoms. The lowest BCUT2D eigenvalue weighted by atomic mass is 10.1. The molecule has 1 fully saturated rings. The third kappa shape index (κ3) is 6.33. The quantitative estimate of drug-likeness (QED) is 0.626. The highest BCUT2D eigenvalue weighted by Gasteiger charge is 2.21. The summed E-state index contributed by atoms with van der Waals surface area (Å²) in [6.07, 6.45) is 1.08. The minimum absolute atomic E-state index is 0.0328. The fourth-order valence-corrected chi connectivity index (χ4v) is 3.87. The molecule has 0 bridgehead atoms. The molecule has 1 aliphatic heterocycles. The number of sulfonamides is 1. The second-order valence-electron chi connectivity index (χ2n) is 7.07. The van der Waals surface area contributed by atoms with Crippen LogP contribution in [0.4, 0.5) is 11.4 Å². The normalized spacial score (nSPS) is 14.4. The van der Waals surface area contributed by atoms with Crippen LogP contribution in [0.2, 0.25) is 0 Å². The van der Waals surface area contributed by atoms with E-state index in [-0.39, 0.29) is 18.4 Å². The molecular weight excluding hydrogens is 394 g/mol. The molecule has 1 saturated heterocycles. The summed E-state index contributed by atoms with van der Waals surface area (Å²) in [7, 11) is -1.95. The highest BCUT2D eigenvalue weighted by molar-refractivity contribution is 7.92. The Balaban J connectivity index is 2.26. The van der Waals surface area contributed by atoms with Crippen LogP contribution >= 0.6 is 0 Å². The van der Waals surface area contributed by atoms with E-state index in [9.17, 15) is 18.0 Å². The summed E-state index contributed by atoms with van der Waals surface area (Å²) in [6.45, 7) is 7.99. The molecule has 162 valence electrons. The summed E-state index contributed by atoms with van der Waals surface area (Å²) < 4.78 is 26.2. The highest BCUT2D eigenvalue weighted by atomic mass is 32.2. The van der Waals surface area contributed by atoms with Gasteiger partial charge in [0.15, 0.2) is 0 Å². The highest BCUT2D eigenvalue weighted by Crippen LogP contribution is 2.29. The lowest BCUT2D eigenvalue weighted by Gasteiger charge is -2.31. The number of nitrogens with one attached hydrogen (secondary N) is 2. The van der Waals surface area contributed by atoms with E-state index in [1.54, 1.807) is 30.1 Å². The summed E-state index contributed by atoms with van der Waals surface area (Å²) in [6, 6.07) is 4.97. The maximum atomic E-state index is 12.8. The fourth-order valence-electron chi connectivity index (χ4n) is 3.30. The molecule has 1 aromatic carbocycles. The minimum atomic E-state index is -3.52. The summed E-state index contributed by atoms with van der Waals surface area (Å²) in [5.74, 6) is -0.466. The Hall–Kier alpha value is -2.33. The molecule has 0 radical (unpaired) electrons. The average Bonchev–Trinajstić information content (AvgIpc) is 2.67. The van der Waals surface area contributed by atoms with Gasteiger partial charge >= 0.3 is 0 Å². The molecule has 1 heterocycles. The zero-order valence-corrected chi connectivity index (χ0v) is 18.4. The van der Waals surface area contributed by atoms with Crippen LogP contribution in [0.15, 0.2) is 18.2 Å². The predicted octanol–water partition coefficient (Wildman–Crippen LogP) is 0.408. The zero-order chi connectivity index (χ0) is 21.6. The Kier molecular flexibility index (Phi) is 7.86. The van der Waals surface area contributed by atoms with Crippen LogP contribution in [0.25, 0.3) is 0 Å². The first-order chi connectivity index (χ1) is 13.7. The van der Waals surface area contributed by atoms with E-state index in [0.717, 1.165) is 38.1 Å². The molecule has 1 aliphatic rings. The summed E-state index contributed by atoms with van der Waals surface area (Å²) in [5, 5.41) is 3.26. The smallest absolute Gasteiger partial charge is 0.254 e. The van der Waals surface area contributed by atoms with Gasteiger partial charge in [-0.05, 0) is 32.0 Å². The van der Waals surface area contributed by atoms with E-state index in [4.69, 9.17) is 0 Å². The molecule has 2 rings (SSSR count). The number of benzene rings is 1. The van der Waals surface area contributed by atoms with Gasteiger partial charge in [-0.2, -0.15) is 0 Å². The number of carbonyl (C=O) groups excluding carboxylic acids is 2. The Labute approximate surface area is 173 Å². The summed E-state index contributed by atoms with van der Waals surface area (Å²) in [4.78, 5) is 30.2. The fraction of sp³-hybridized carbons (Fsp3) is 0.579. The Morgan fingerprint density at radius 3 is 2.34 bits per heavy atom. The largest absolute Gasteiger partial charge is 0.367 e. The number of likely N-dealkylation sites (N-methyl/N-ethyl adjacent to an activating group) is 2. The van der Waals surface area contributed by atoms with Gasteiger partial charge in [0.2, 0.25) is 15.9 Å². The van der Waals surface area contributed by atoms with E-state index >= 15 is 0 Å². The maximum absolute atomic E-state index is 12.8. The molecule has 2 amide bonds. The van der Waals surface area contributed by atoms with Crippen LogP contribution in [0, 0.1) is 0 Å². The first kappa shape index (κ1) is 23.0. The van der Waals surface area contributed by atoms with Gasteiger partial charge in [0, 0.05) is 51.9 Å². The molecule has 2 N–H and O–H groups in total. The number of hydrogen-bond acceptors (Lipinski definition) is 6. The van der Waals surface area contributed by atoms with Crippen molar-refractivity contribution in [1.29, 1.82) is 0 Å². The Morgan fingerprint density at radius 1 is 1.17 bits per heavy atom. The number of amides is 2. The summed E-state index contributed by atoms with van der Waals surface area (Å²) >= 11 is 0. The second-order valence-corrected chi connectivity index (χ2v) is 8.82. The van der Waals surface area contributed by atoms with Crippen molar-refractivity contribution >= 4 is 33.2 Å². The SMILES string of the molecule is CCN(CC)C(=O)CN(C)C(=O)c1ccc(N2CCNCC2)c(NS(C)(=O)=O)c1. The van der Waals surface area contributed by atoms with Gasteiger partial charge < -0.3 is 20.0 Å². The van der Waals surface area contributed by atoms with Crippen LogP contribution in [0.5, 0.6) is 0 Å². The van der Waals surface area contributed by atoms with Crippen molar-refractivity contribution in [3.05, 3.63) is 23.8 Å². The van der Waals surface area contributed by atoms with E-state index < -0.39 is 10.0 Å². The van der Waals surface area contributed by atoms with Gasteiger partial charge in [-0.15, -0.1) is 0 Å². The molecule has 0 aliphatic carbocycles. The number of carbonyl (C=O) groups is 2. The van der Waals surface area contributed by atoms with Crippen LogP contribution in [0.3, 0.4) is 0 Å². The van der Waals surface area contributed by atoms with E-state index in [1.807, 2.05) is 13.8 Å². The maximum Gasteiger partial charge on any atom is 0.254 e. The zero-order valence-electron chi connectivity index (χ0n) is 17.6. The van der Waals surface area contributed by atoms with Gasteiger partial charge in [0.25, 0.3) is 5.91 Å². The van der Waals surface area contributed by atoms with Crippen molar-refractivity contribution in [1.82, 2.24) is 15.1 Å². The van der Waals surface area contributed by atoms with Crippen molar-refractivity contribution in [3.8, 4) is 0 Å². The molecule has 9 nitrogen and oxygen atoms in total. The molecular formula is C19H31N5O4S. The Bertz CT molecular complexity index is 833. The predicted molar refractivity (Wildman–Crippen MR) is 115 cm³/mol. The third-order valence-corrected chi connectivity index (χ3v) is 5.42. The number of anilines is 2. The van der Waals surface area contributed by atoms with Crippen LogP contribution < -0.4 is 14.9 Å². The minimum Gasteiger partial charge on any atom is -0.367 e. The van der Waals surface area contributed by atoms with Gasteiger partial charge in [0.05, 0.1) is 24.2 Å². The average molecular weight is 426 g/mol. The van der Waals surface area contributed by atoms with Gasteiger partial charge in [-0.25, -0.2) is 8.42 Å². The molecule has 1 aromatic rings. The number of rotatable bonds is 8. The first-order valence-electron chi connectivity index (χ1n) is 9.77. The van der Waals surface area contributed by atoms with Gasteiger partial charge in [-0.3, -0.25) is 14.3 Å². The summed E-state index contributed by atoms with van der Waals surface area (Å²) in [5.41, 5.74) is 1.42. The lowest BCUT2D eigenvalue weighted by molar-refractivity contribution is -0.131.